The summed E-state index contributed by atoms with van der Waals surface area (Å²) in [6.07, 6.45) is -7.24. The van der Waals surface area contributed by atoms with Crippen LogP contribution in [-0.2, 0) is 13.0 Å². The zero-order chi connectivity index (χ0) is 29.7. The van der Waals surface area contributed by atoms with Crippen LogP contribution in [0.2, 0.25) is 0 Å². The van der Waals surface area contributed by atoms with Gasteiger partial charge in [0.25, 0.3) is 0 Å². The highest BCUT2D eigenvalue weighted by Gasteiger charge is 2.65. The van der Waals surface area contributed by atoms with Crippen LogP contribution in [0.15, 0.2) is 66.4 Å². The number of nitrogens with zero attached hydrogens (tertiary/aromatic N) is 3. The van der Waals surface area contributed by atoms with Crippen molar-refractivity contribution in [3.63, 3.8) is 0 Å². The molecule has 3 aromatic heterocycles. The summed E-state index contributed by atoms with van der Waals surface area (Å²) < 4.78 is 62.1. The Kier molecular flexibility index (Phi) is 8.26. The Hall–Kier alpha value is -4.70. The molecule has 0 saturated heterocycles. The Morgan fingerprint density at radius 1 is 0.976 bits per heavy atom. The van der Waals surface area contributed by atoms with Gasteiger partial charge in [0.15, 0.2) is 17.7 Å². The van der Waals surface area contributed by atoms with E-state index in [1.807, 2.05) is 18.2 Å². The van der Waals surface area contributed by atoms with Crippen LogP contribution in [0.5, 0.6) is 11.5 Å². The van der Waals surface area contributed by atoms with E-state index < -0.39 is 36.0 Å². The molecule has 2 amide bonds. The van der Waals surface area contributed by atoms with E-state index >= 15 is 0 Å². The number of pyridine rings is 2. The first kappa shape index (κ1) is 28.8. The Morgan fingerprint density at radius 3 is 2.57 bits per heavy atom. The van der Waals surface area contributed by atoms with Gasteiger partial charge in [0.05, 0.1) is 10.4 Å². The zero-order valence-corrected chi connectivity index (χ0v) is 22.3. The number of urea groups is 1. The maximum Gasteiger partial charge on any atom is 0.507 e. The number of carbonyl (C=O) groups excluding carboxylic acids is 1. The van der Waals surface area contributed by atoms with Crippen molar-refractivity contribution in [3.8, 4) is 11.5 Å². The molecule has 220 valence electrons. The van der Waals surface area contributed by atoms with E-state index in [0.717, 1.165) is 34.7 Å². The zero-order valence-electron chi connectivity index (χ0n) is 21.5. The summed E-state index contributed by atoms with van der Waals surface area (Å²) in [5.41, 5.74) is 3.20. The molecule has 1 aliphatic rings. The van der Waals surface area contributed by atoms with Crippen molar-refractivity contribution < 1.29 is 36.9 Å². The number of nitrogens with one attached hydrogen (secondary N) is 4. The van der Waals surface area contributed by atoms with E-state index in [-0.39, 0.29) is 12.2 Å². The maximum absolute atomic E-state index is 13.5. The number of anilines is 3. The van der Waals surface area contributed by atoms with Gasteiger partial charge in [-0.1, -0.05) is 6.07 Å². The predicted molar refractivity (Wildman–Crippen MR) is 145 cm³/mol. The second kappa shape index (κ2) is 12.0. The lowest BCUT2D eigenvalue weighted by molar-refractivity contribution is -0.391. The van der Waals surface area contributed by atoms with Crippen LogP contribution in [-0.4, -0.2) is 44.9 Å². The van der Waals surface area contributed by atoms with Crippen molar-refractivity contribution in [3.05, 3.63) is 82.6 Å². The summed E-state index contributed by atoms with van der Waals surface area (Å²) in [6.45, 7) is 0.650. The Bertz CT molecular complexity index is 1540. The fourth-order valence-corrected chi connectivity index (χ4v) is 4.51. The SMILES string of the molecule is O=C(NCCc1ccccn1)Nc1cc(CNc2ncsc2C(O)Nc2ccc3c(c2)OC(F)(F)C(F)(F)O3)ccn1. The number of aliphatic hydroxyl groups excluding tert-OH is 1. The quantitative estimate of drug-likeness (QED) is 0.125. The third-order valence-corrected chi connectivity index (χ3v) is 6.71. The lowest BCUT2D eigenvalue weighted by Gasteiger charge is -2.32. The van der Waals surface area contributed by atoms with E-state index in [9.17, 15) is 27.5 Å². The van der Waals surface area contributed by atoms with Crippen LogP contribution in [0, 0.1) is 0 Å². The Morgan fingerprint density at radius 2 is 1.79 bits per heavy atom. The molecule has 4 aromatic rings. The first-order chi connectivity index (χ1) is 20.1. The summed E-state index contributed by atoms with van der Waals surface area (Å²) >= 11 is 1.11. The Balaban J connectivity index is 1.15. The molecule has 11 nitrogen and oxygen atoms in total. The minimum Gasteiger partial charge on any atom is -0.421 e. The number of amides is 2. The molecular formula is C26H23F4N7O4S. The Labute approximate surface area is 239 Å². The summed E-state index contributed by atoms with van der Waals surface area (Å²) in [4.78, 5) is 25.2. The molecule has 0 saturated carbocycles. The van der Waals surface area contributed by atoms with Crippen LogP contribution < -0.4 is 30.7 Å². The van der Waals surface area contributed by atoms with Gasteiger partial charge in [-0.15, -0.1) is 11.3 Å². The maximum atomic E-state index is 13.5. The molecule has 5 N–H and O–H groups in total. The predicted octanol–water partition coefficient (Wildman–Crippen LogP) is 4.97. The van der Waals surface area contributed by atoms with Gasteiger partial charge >= 0.3 is 18.2 Å². The van der Waals surface area contributed by atoms with Crippen molar-refractivity contribution in [2.24, 2.45) is 0 Å². The number of hydrogen-bond acceptors (Lipinski definition) is 10. The van der Waals surface area contributed by atoms with Crippen LogP contribution in [0.4, 0.5) is 39.7 Å². The molecule has 0 spiro atoms. The average Bonchev–Trinajstić information content (AvgIpc) is 3.42. The molecular weight excluding hydrogens is 582 g/mol. The number of halogens is 4. The van der Waals surface area contributed by atoms with Gasteiger partial charge in [-0.25, -0.2) is 14.8 Å². The largest absolute Gasteiger partial charge is 0.507 e. The number of rotatable bonds is 10. The van der Waals surface area contributed by atoms with Gasteiger partial charge in [0, 0.05) is 49.4 Å². The number of thiazole rings is 1. The minimum atomic E-state index is -4.86. The molecule has 1 aromatic carbocycles. The summed E-state index contributed by atoms with van der Waals surface area (Å²) in [5.74, 6) is -0.525. The lowest BCUT2D eigenvalue weighted by Crippen LogP contribution is -2.52. The smallest absolute Gasteiger partial charge is 0.421 e. The normalized spacial score (nSPS) is 15.4. The number of alkyl halides is 4. The van der Waals surface area contributed by atoms with Crippen LogP contribution in [0.1, 0.15) is 22.4 Å². The van der Waals surface area contributed by atoms with Crippen molar-refractivity contribution >= 4 is 34.7 Å². The van der Waals surface area contributed by atoms with Crippen LogP contribution in [0.25, 0.3) is 0 Å². The van der Waals surface area contributed by atoms with Gasteiger partial charge in [-0.3, -0.25) is 10.3 Å². The number of ether oxygens (including phenoxy) is 2. The van der Waals surface area contributed by atoms with Crippen molar-refractivity contribution in [1.82, 2.24) is 20.3 Å². The van der Waals surface area contributed by atoms with E-state index in [1.54, 1.807) is 18.3 Å². The molecule has 0 radical (unpaired) electrons. The number of aromatic nitrogens is 3. The van der Waals surface area contributed by atoms with E-state index in [0.29, 0.717) is 29.5 Å². The third-order valence-electron chi connectivity index (χ3n) is 5.82. The molecule has 1 aliphatic heterocycles. The number of benzene rings is 1. The van der Waals surface area contributed by atoms with Crippen molar-refractivity contribution in [2.75, 3.05) is 22.5 Å². The second-order valence-electron chi connectivity index (χ2n) is 8.87. The van der Waals surface area contributed by atoms with Crippen LogP contribution >= 0.6 is 11.3 Å². The minimum absolute atomic E-state index is 0.105. The average molecular weight is 606 g/mol. The molecule has 4 heterocycles. The summed E-state index contributed by atoms with van der Waals surface area (Å²) in [5, 5.41) is 21.9. The number of aliphatic hydroxyl groups is 1. The fourth-order valence-electron chi connectivity index (χ4n) is 3.81. The van der Waals surface area contributed by atoms with Gasteiger partial charge < -0.3 is 30.5 Å². The topological polar surface area (TPSA) is 143 Å². The third kappa shape index (κ3) is 6.77. The number of fused-ring (bicyclic) bond motifs is 1. The molecule has 5 rings (SSSR count). The van der Waals surface area contributed by atoms with Gasteiger partial charge in [-0.05, 0) is 42.0 Å². The molecule has 1 unspecified atom stereocenters. The van der Waals surface area contributed by atoms with E-state index in [4.69, 9.17) is 0 Å². The highest BCUT2D eigenvalue weighted by molar-refractivity contribution is 7.10. The summed E-state index contributed by atoms with van der Waals surface area (Å²) in [6, 6.07) is 11.8. The highest BCUT2D eigenvalue weighted by atomic mass is 32.1. The van der Waals surface area contributed by atoms with Gasteiger partial charge in [-0.2, -0.15) is 17.6 Å². The molecule has 0 bridgehead atoms. The van der Waals surface area contributed by atoms with Crippen molar-refractivity contribution in [2.45, 2.75) is 31.4 Å². The molecule has 16 heteroatoms. The van der Waals surface area contributed by atoms with Gasteiger partial charge in [0.2, 0.25) is 0 Å². The highest BCUT2D eigenvalue weighted by Crippen LogP contribution is 2.47. The van der Waals surface area contributed by atoms with E-state index in [1.165, 1.54) is 17.8 Å². The standard InChI is InChI=1S/C26H23F4N7O4S/c27-25(28)26(29,30)41-19-12-17(4-5-18(19)40-25)36-23(38)21-22(35-14-42-21)34-13-15-6-9-32-20(11-15)37-24(39)33-10-7-16-3-1-2-8-31-16/h1-6,8-9,11-12,14,23,34,36,38H,7,10,13H2,(H2,32,33,37,39). The fraction of sp³-hybridized carbons (Fsp3) is 0.231. The first-order valence-electron chi connectivity index (χ1n) is 12.4. The molecule has 0 fully saturated rings. The number of hydrogen-bond donors (Lipinski definition) is 5. The van der Waals surface area contributed by atoms with Crippen molar-refractivity contribution in [1.29, 1.82) is 0 Å². The lowest BCUT2D eigenvalue weighted by atomic mass is 10.2. The number of carbonyl (C=O) groups is 1. The molecule has 0 aliphatic carbocycles. The monoisotopic (exact) mass is 605 g/mol. The van der Waals surface area contributed by atoms with E-state index in [2.05, 4.69) is 45.7 Å². The molecule has 1 atom stereocenters. The van der Waals surface area contributed by atoms with Gasteiger partial charge in [0.1, 0.15) is 11.6 Å². The first-order valence-corrected chi connectivity index (χ1v) is 13.3. The van der Waals surface area contributed by atoms with Crippen LogP contribution in [0.3, 0.4) is 0 Å². The second-order valence-corrected chi connectivity index (χ2v) is 9.75. The summed E-state index contributed by atoms with van der Waals surface area (Å²) in [7, 11) is 0. The molecule has 42 heavy (non-hydrogen) atoms.